The number of fused-ring (bicyclic) bond motifs is 3. The molecular weight excluding hydrogens is 284 g/mol. The van der Waals surface area contributed by atoms with E-state index >= 15 is 0 Å². The quantitative estimate of drug-likeness (QED) is 0.876. The van der Waals surface area contributed by atoms with Gasteiger partial charge in [-0.1, -0.05) is 37.1 Å². The standard InChI is InChI=1S/C16H20N2O4/c17-15(19)21-13-11-7-3-1-5-9(11)10-6-2-4-8-12(10)14(13)22-16(18)20/h1,3,5,7,10,12-14H,2,4,6,8H2,(H2,17,19)(H2,18,20)/t10-,12+,13-,14+/m1/s1. The average molecular weight is 304 g/mol. The van der Waals surface area contributed by atoms with Crippen molar-refractivity contribution in [2.75, 3.05) is 0 Å². The van der Waals surface area contributed by atoms with Crippen LogP contribution >= 0.6 is 0 Å². The highest BCUT2D eigenvalue weighted by atomic mass is 16.6. The van der Waals surface area contributed by atoms with Gasteiger partial charge in [0.2, 0.25) is 0 Å². The summed E-state index contributed by atoms with van der Waals surface area (Å²) in [4.78, 5) is 22.6. The minimum absolute atomic E-state index is 0.0977. The molecule has 0 aromatic heterocycles. The van der Waals surface area contributed by atoms with E-state index in [9.17, 15) is 9.59 Å². The summed E-state index contributed by atoms with van der Waals surface area (Å²) < 4.78 is 10.6. The molecule has 6 heteroatoms. The number of carbonyl (C=O) groups excluding carboxylic acids is 2. The molecule has 2 aliphatic carbocycles. The molecule has 1 fully saturated rings. The Morgan fingerprint density at radius 2 is 1.59 bits per heavy atom. The third-order valence-corrected chi connectivity index (χ3v) is 4.74. The fourth-order valence-corrected chi connectivity index (χ4v) is 3.99. The summed E-state index contributed by atoms with van der Waals surface area (Å²) in [5.74, 6) is 0.391. The van der Waals surface area contributed by atoms with Gasteiger partial charge in [0, 0.05) is 5.92 Å². The number of primary amides is 2. The molecule has 22 heavy (non-hydrogen) atoms. The van der Waals surface area contributed by atoms with Gasteiger partial charge in [-0.3, -0.25) is 0 Å². The van der Waals surface area contributed by atoms with Crippen LogP contribution in [0.4, 0.5) is 9.59 Å². The number of rotatable bonds is 2. The Labute approximate surface area is 128 Å². The van der Waals surface area contributed by atoms with E-state index in [2.05, 4.69) is 6.07 Å². The number of nitrogens with two attached hydrogens (primary N) is 2. The summed E-state index contributed by atoms with van der Waals surface area (Å²) in [5.41, 5.74) is 12.4. The second-order valence-corrected chi connectivity index (χ2v) is 5.94. The molecule has 0 aliphatic heterocycles. The van der Waals surface area contributed by atoms with Gasteiger partial charge >= 0.3 is 12.2 Å². The van der Waals surface area contributed by atoms with Gasteiger partial charge in [-0.15, -0.1) is 0 Å². The Balaban J connectivity index is 2.05. The summed E-state index contributed by atoms with van der Waals surface area (Å²) in [5, 5.41) is 0. The summed E-state index contributed by atoms with van der Waals surface area (Å²) in [6.07, 6.45) is 1.13. The highest BCUT2D eigenvalue weighted by Gasteiger charge is 2.47. The van der Waals surface area contributed by atoms with Crippen molar-refractivity contribution in [2.24, 2.45) is 17.4 Å². The monoisotopic (exact) mass is 304 g/mol. The largest absolute Gasteiger partial charge is 0.442 e. The SMILES string of the molecule is NC(=O)O[C@H]1[C@H]2CCCC[C@@H]2c2ccccc2[C@H]1OC(N)=O. The number of hydrogen-bond donors (Lipinski definition) is 2. The maximum absolute atomic E-state index is 11.3. The normalized spacial score (nSPS) is 29.8. The van der Waals surface area contributed by atoms with Crippen LogP contribution in [-0.2, 0) is 9.47 Å². The second kappa shape index (κ2) is 5.87. The van der Waals surface area contributed by atoms with E-state index in [-0.39, 0.29) is 5.92 Å². The van der Waals surface area contributed by atoms with Crippen molar-refractivity contribution in [1.82, 2.24) is 0 Å². The molecule has 1 aromatic rings. The number of carbonyl (C=O) groups is 2. The lowest BCUT2D eigenvalue weighted by atomic mass is 9.65. The molecule has 0 spiro atoms. The van der Waals surface area contributed by atoms with Crippen LogP contribution in [0.1, 0.15) is 48.8 Å². The molecule has 4 atom stereocenters. The summed E-state index contributed by atoms with van der Waals surface area (Å²) in [6, 6.07) is 7.79. The van der Waals surface area contributed by atoms with Crippen LogP contribution in [0.3, 0.4) is 0 Å². The predicted octanol–water partition coefficient (Wildman–Crippen LogP) is 2.57. The van der Waals surface area contributed by atoms with Crippen LogP contribution in [0.2, 0.25) is 0 Å². The van der Waals surface area contributed by atoms with Crippen molar-refractivity contribution in [3.63, 3.8) is 0 Å². The van der Waals surface area contributed by atoms with Gasteiger partial charge in [-0.25, -0.2) is 9.59 Å². The molecule has 2 aliphatic rings. The van der Waals surface area contributed by atoms with E-state index in [1.165, 1.54) is 0 Å². The third kappa shape index (κ3) is 2.61. The van der Waals surface area contributed by atoms with Gasteiger partial charge in [0.25, 0.3) is 0 Å². The molecule has 2 amide bonds. The van der Waals surface area contributed by atoms with E-state index in [1.807, 2.05) is 18.2 Å². The molecule has 118 valence electrons. The van der Waals surface area contributed by atoms with Crippen LogP contribution in [0.15, 0.2) is 24.3 Å². The van der Waals surface area contributed by atoms with Gasteiger partial charge in [-0.05, 0) is 29.9 Å². The van der Waals surface area contributed by atoms with Crippen LogP contribution in [0, 0.1) is 5.92 Å². The second-order valence-electron chi connectivity index (χ2n) is 5.94. The zero-order valence-corrected chi connectivity index (χ0v) is 12.2. The van der Waals surface area contributed by atoms with E-state index in [1.54, 1.807) is 0 Å². The number of ether oxygens (including phenoxy) is 2. The Kier molecular flexibility index (Phi) is 3.92. The third-order valence-electron chi connectivity index (χ3n) is 4.74. The zero-order valence-electron chi connectivity index (χ0n) is 12.2. The predicted molar refractivity (Wildman–Crippen MR) is 79.0 cm³/mol. The molecule has 1 aromatic carbocycles. The van der Waals surface area contributed by atoms with Crippen molar-refractivity contribution in [3.05, 3.63) is 35.4 Å². The molecule has 0 radical (unpaired) electrons. The smallest absolute Gasteiger partial charge is 0.405 e. The van der Waals surface area contributed by atoms with E-state index < -0.39 is 24.4 Å². The summed E-state index contributed by atoms with van der Waals surface area (Å²) in [7, 11) is 0. The molecule has 0 unspecified atom stereocenters. The van der Waals surface area contributed by atoms with Gasteiger partial charge < -0.3 is 20.9 Å². The number of hydrogen-bond acceptors (Lipinski definition) is 4. The highest BCUT2D eigenvalue weighted by molar-refractivity contribution is 5.66. The summed E-state index contributed by atoms with van der Waals surface area (Å²) in [6.45, 7) is 0. The first kappa shape index (κ1) is 14.7. The number of benzene rings is 1. The lowest BCUT2D eigenvalue weighted by Crippen LogP contribution is -2.44. The van der Waals surface area contributed by atoms with Crippen LogP contribution in [-0.4, -0.2) is 18.3 Å². The summed E-state index contributed by atoms with van der Waals surface area (Å²) >= 11 is 0. The Hall–Kier alpha value is -2.24. The number of amides is 2. The fourth-order valence-electron chi connectivity index (χ4n) is 3.99. The first-order valence-corrected chi connectivity index (χ1v) is 7.59. The lowest BCUT2D eigenvalue weighted by Gasteiger charge is -2.44. The van der Waals surface area contributed by atoms with Crippen molar-refractivity contribution < 1.29 is 19.1 Å². The highest BCUT2D eigenvalue weighted by Crippen LogP contribution is 2.50. The molecule has 4 N–H and O–H groups in total. The lowest BCUT2D eigenvalue weighted by molar-refractivity contribution is -0.0568. The van der Waals surface area contributed by atoms with E-state index in [4.69, 9.17) is 20.9 Å². The van der Waals surface area contributed by atoms with Gasteiger partial charge in [0.1, 0.15) is 6.10 Å². The molecule has 0 heterocycles. The first-order valence-electron chi connectivity index (χ1n) is 7.59. The van der Waals surface area contributed by atoms with E-state index in [0.29, 0.717) is 5.92 Å². The zero-order chi connectivity index (χ0) is 15.7. The Bertz CT molecular complexity index is 589. The van der Waals surface area contributed by atoms with Crippen molar-refractivity contribution in [3.8, 4) is 0 Å². The fraction of sp³-hybridized carbons (Fsp3) is 0.500. The van der Waals surface area contributed by atoms with Crippen LogP contribution in [0.5, 0.6) is 0 Å². The van der Waals surface area contributed by atoms with Gasteiger partial charge in [0.15, 0.2) is 6.10 Å². The molecule has 1 saturated carbocycles. The minimum Gasteiger partial charge on any atom is -0.442 e. The van der Waals surface area contributed by atoms with Gasteiger partial charge in [0.05, 0.1) is 0 Å². The average Bonchev–Trinajstić information content (AvgIpc) is 2.50. The maximum Gasteiger partial charge on any atom is 0.405 e. The molecule has 0 saturated heterocycles. The van der Waals surface area contributed by atoms with E-state index in [0.717, 1.165) is 36.8 Å². The topological polar surface area (TPSA) is 105 Å². The van der Waals surface area contributed by atoms with Crippen molar-refractivity contribution in [1.29, 1.82) is 0 Å². The Morgan fingerprint density at radius 1 is 0.955 bits per heavy atom. The first-order chi connectivity index (χ1) is 10.6. The molecule has 3 rings (SSSR count). The van der Waals surface area contributed by atoms with Crippen LogP contribution < -0.4 is 11.5 Å². The van der Waals surface area contributed by atoms with Gasteiger partial charge in [-0.2, -0.15) is 0 Å². The minimum atomic E-state index is -0.882. The molecule has 0 bridgehead atoms. The molecular formula is C16H20N2O4. The van der Waals surface area contributed by atoms with Crippen LogP contribution in [0.25, 0.3) is 0 Å². The van der Waals surface area contributed by atoms with Crippen molar-refractivity contribution in [2.45, 2.75) is 43.8 Å². The van der Waals surface area contributed by atoms with Crippen molar-refractivity contribution >= 4 is 12.2 Å². The Morgan fingerprint density at radius 3 is 2.27 bits per heavy atom. The molecule has 6 nitrogen and oxygen atoms in total. The maximum atomic E-state index is 11.3.